The van der Waals surface area contributed by atoms with Crippen LogP contribution in [0.4, 0.5) is 8.78 Å². The number of likely N-dealkylation sites (tertiary alicyclic amines) is 1. The van der Waals surface area contributed by atoms with Crippen LogP contribution in [0.3, 0.4) is 0 Å². The Hall–Kier alpha value is -2.60. The predicted octanol–water partition coefficient (Wildman–Crippen LogP) is 3.59. The first-order valence-corrected chi connectivity index (χ1v) is 9.20. The molecule has 4 rings (SSSR count). The number of hydrogen-bond donors (Lipinski definition) is 0. The van der Waals surface area contributed by atoms with Crippen molar-refractivity contribution in [3.05, 3.63) is 76.3 Å². The fourth-order valence-corrected chi connectivity index (χ4v) is 3.80. The zero-order chi connectivity index (χ0) is 18.8. The lowest BCUT2D eigenvalue weighted by atomic mass is 9.96. The van der Waals surface area contributed by atoms with Crippen LogP contribution in [0.5, 0.6) is 0 Å². The monoisotopic (exact) mass is 369 g/mol. The number of piperidine rings is 1. The molecule has 0 atom stereocenters. The van der Waals surface area contributed by atoms with Crippen LogP contribution in [-0.2, 0) is 13.1 Å². The fraction of sp³-hybridized carbons (Fsp3) is 0.333. The van der Waals surface area contributed by atoms with Crippen molar-refractivity contribution < 1.29 is 8.78 Å². The van der Waals surface area contributed by atoms with Gasteiger partial charge in [-0.05, 0) is 61.7 Å². The van der Waals surface area contributed by atoms with Crippen LogP contribution in [0.15, 0.2) is 53.6 Å². The minimum atomic E-state index is -0.539. The molecule has 1 aliphatic rings. The first kappa shape index (κ1) is 17.8. The maximum absolute atomic E-state index is 13.3. The van der Waals surface area contributed by atoms with E-state index in [0.29, 0.717) is 30.0 Å². The van der Waals surface area contributed by atoms with Crippen molar-refractivity contribution in [3.63, 3.8) is 0 Å². The number of para-hydroxylation sites is 1. The summed E-state index contributed by atoms with van der Waals surface area (Å²) in [5, 5.41) is 0.644. The van der Waals surface area contributed by atoms with Crippen LogP contribution in [0.1, 0.15) is 18.4 Å². The van der Waals surface area contributed by atoms with E-state index in [1.165, 1.54) is 12.1 Å². The van der Waals surface area contributed by atoms with Crippen LogP contribution in [0.25, 0.3) is 10.9 Å². The van der Waals surface area contributed by atoms with Crippen LogP contribution in [0.2, 0.25) is 0 Å². The van der Waals surface area contributed by atoms with Gasteiger partial charge in [-0.25, -0.2) is 13.8 Å². The standard InChI is InChI=1S/C21H21F2N3O/c22-17-9-16(10-18(23)11-17)12-25-7-5-15(6-8-25)13-26-14-24-20-4-2-1-3-19(20)21(26)27/h1-4,9-11,14-15H,5-8,12-13H2. The van der Waals surface area contributed by atoms with Crippen LogP contribution in [-0.4, -0.2) is 27.5 Å². The molecule has 1 aromatic heterocycles. The van der Waals surface area contributed by atoms with Crippen molar-refractivity contribution >= 4 is 10.9 Å². The molecule has 0 bridgehead atoms. The normalized spacial score (nSPS) is 16.1. The molecular formula is C21H21F2N3O. The first-order chi connectivity index (χ1) is 13.1. The lowest BCUT2D eigenvalue weighted by Crippen LogP contribution is -2.36. The summed E-state index contributed by atoms with van der Waals surface area (Å²) in [5.74, 6) is -0.683. The van der Waals surface area contributed by atoms with E-state index >= 15 is 0 Å². The van der Waals surface area contributed by atoms with Crippen molar-refractivity contribution in [1.29, 1.82) is 0 Å². The van der Waals surface area contributed by atoms with Crippen molar-refractivity contribution in [1.82, 2.24) is 14.5 Å². The van der Waals surface area contributed by atoms with Crippen molar-refractivity contribution in [3.8, 4) is 0 Å². The molecule has 0 spiro atoms. The van der Waals surface area contributed by atoms with Gasteiger partial charge < -0.3 is 0 Å². The Labute approximate surface area is 156 Å². The molecule has 0 N–H and O–H groups in total. The average Bonchev–Trinajstić information content (AvgIpc) is 2.65. The van der Waals surface area contributed by atoms with Gasteiger partial charge in [-0.1, -0.05) is 12.1 Å². The Bertz CT molecular complexity index is 989. The van der Waals surface area contributed by atoms with Crippen LogP contribution in [0, 0.1) is 17.6 Å². The molecule has 1 fully saturated rings. The molecule has 0 amide bonds. The highest BCUT2D eigenvalue weighted by Crippen LogP contribution is 2.21. The molecule has 0 radical (unpaired) electrons. The number of aromatic nitrogens is 2. The van der Waals surface area contributed by atoms with Crippen molar-refractivity contribution in [2.75, 3.05) is 13.1 Å². The molecule has 6 heteroatoms. The number of fused-ring (bicyclic) bond motifs is 1. The topological polar surface area (TPSA) is 38.1 Å². The van der Waals surface area contributed by atoms with Gasteiger partial charge in [0.05, 0.1) is 17.2 Å². The fourth-order valence-electron chi connectivity index (χ4n) is 3.80. The van der Waals surface area contributed by atoms with Crippen molar-refractivity contribution in [2.24, 2.45) is 5.92 Å². The van der Waals surface area contributed by atoms with E-state index in [4.69, 9.17) is 0 Å². The van der Waals surface area contributed by atoms with Crippen LogP contribution >= 0.6 is 0 Å². The minimum absolute atomic E-state index is 0.00161. The second-order valence-electron chi connectivity index (χ2n) is 7.22. The average molecular weight is 369 g/mol. The second-order valence-corrected chi connectivity index (χ2v) is 7.22. The minimum Gasteiger partial charge on any atom is -0.299 e. The third-order valence-corrected chi connectivity index (χ3v) is 5.22. The number of benzene rings is 2. The zero-order valence-corrected chi connectivity index (χ0v) is 14.9. The van der Waals surface area contributed by atoms with Gasteiger partial charge in [0.1, 0.15) is 11.6 Å². The summed E-state index contributed by atoms with van der Waals surface area (Å²) in [7, 11) is 0. The lowest BCUT2D eigenvalue weighted by Gasteiger charge is -2.32. The Morgan fingerprint density at radius 3 is 2.48 bits per heavy atom. The second kappa shape index (κ2) is 7.56. The number of rotatable bonds is 4. The predicted molar refractivity (Wildman–Crippen MR) is 100 cm³/mol. The Kier molecular flexibility index (Phi) is 4.99. The summed E-state index contributed by atoms with van der Waals surface area (Å²) in [4.78, 5) is 19.2. The summed E-state index contributed by atoms with van der Waals surface area (Å²) in [6.45, 7) is 2.88. The van der Waals surface area contributed by atoms with Gasteiger partial charge in [-0.3, -0.25) is 14.3 Å². The van der Waals surface area contributed by atoms with E-state index in [-0.39, 0.29) is 5.56 Å². The summed E-state index contributed by atoms with van der Waals surface area (Å²) >= 11 is 0. The molecule has 1 aliphatic heterocycles. The first-order valence-electron chi connectivity index (χ1n) is 9.20. The SMILES string of the molecule is O=c1c2ccccc2ncn1CC1CCN(Cc2cc(F)cc(F)c2)CC1. The lowest BCUT2D eigenvalue weighted by molar-refractivity contribution is 0.166. The third kappa shape index (κ3) is 4.06. The third-order valence-electron chi connectivity index (χ3n) is 5.22. The quantitative estimate of drug-likeness (QED) is 0.705. The highest BCUT2D eigenvalue weighted by atomic mass is 19.1. The Morgan fingerprint density at radius 2 is 1.74 bits per heavy atom. The van der Waals surface area contributed by atoms with Gasteiger partial charge in [-0.15, -0.1) is 0 Å². The highest BCUT2D eigenvalue weighted by Gasteiger charge is 2.20. The zero-order valence-electron chi connectivity index (χ0n) is 14.9. The van der Waals surface area contributed by atoms with E-state index in [9.17, 15) is 13.6 Å². The molecule has 0 aliphatic carbocycles. The summed E-state index contributed by atoms with van der Waals surface area (Å²) in [6.07, 6.45) is 3.51. The number of halogens is 2. The summed E-state index contributed by atoms with van der Waals surface area (Å²) < 4.78 is 28.4. The van der Waals surface area contributed by atoms with Gasteiger partial charge in [0.15, 0.2) is 0 Å². The van der Waals surface area contributed by atoms with Crippen molar-refractivity contribution in [2.45, 2.75) is 25.9 Å². The Morgan fingerprint density at radius 1 is 1.04 bits per heavy atom. The van der Waals surface area contributed by atoms with E-state index in [1.807, 2.05) is 24.3 Å². The van der Waals surface area contributed by atoms with E-state index in [1.54, 1.807) is 10.9 Å². The van der Waals surface area contributed by atoms with Gasteiger partial charge in [0.25, 0.3) is 5.56 Å². The maximum atomic E-state index is 13.3. The molecule has 2 heterocycles. The summed E-state index contributed by atoms with van der Waals surface area (Å²) in [6, 6.07) is 11.0. The molecular weight excluding hydrogens is 348 g/mol. The molecule has 1 saturated heterocycles. The van der Waals surface area contributed by atoms with Gasteiger partial charge >= 0.3 is 0 Å². The molecule has 0 unspecified atom stereocenters. The van der Waals surface area contributed by atoms with Gasteiger partial charge in [0, 0.05) is 19.2 Å². The molecule has 2 aromatic carbocycles. The molecule has 27 heavy (non-hydrogen) atoms. The molecule has 140 valence electrons. The van der Waals surface area contributed by atoms with E-state index in [0.717, 1.165) is 37.5 Å². The molecule has 0 saturated carbocycles. The Balaban J connectivity index is 1.38. The number of hydrogen-bond acceptors (Lipinski definition) is 3. The van der Waals surface area contributed by atoms with Crippen LogP contribution < -0.4 is 5.56 Å². The molecule has 3 aromatic rings. The number of nitrogens with zero attached hydrogens (tertiary/aromatic N) is 3. The largest absolute Gasteiger partial charge is 0.299 e. The smallest absolute Gasteiger partial charge is 0.261 e. The van der Waals surface area contributed by atoms with E-state index < -0.39 is 11.6 Å². The van der Waals surface area contributed by atoms with Gasteiger partial charge in [0.2, 0.25) is 0 Å². The van der Waals surface area contributed by atoms with E-state index in [2.05, 4.69) is 9.88 Å². The van der Waals surface area contributed by atoms with Gasteiger partial charge in [-0.2, -0.15) is 0 Å². The summed E-state index contributed by atoms with van der Waals surface area (Å²) in [5.41, 5.74) is 1.37. The highest BCUT2D eigenvalue weighted by molar-refractivity contribution is 5.76. The molecule has 4 nitrogen and oxygen atoms in total. The maximum Gasteiger partial charge on any atom is 0.261 e.